The third-order valence-corrected chi connectivity index (χ3v) is 9.76. The van der Waals surface area contributed by atoms with Crippen LogP contribution in [0.1, 0.15) is 89.5 Å². The van der Waals surface area contributed by atoms with Crippen LogP contribution >= 0.6 is 0 Å². The van der Waals surface area contributed by atoms with Crippen molar-refractivity contribution in [2.45, 2.75) is 91.3 Å². The zero-order valence-corrected chi connectivity index (χ0v) is 31.9. The summed E-state index contributed by atoms with van der Waals surface area (Å²) < 4.78 is 8.10. The second-order valence-corrected chi connectivity index (χ2v) is 15.7. The summed E-state index contributed by atoms with van der Waals surface area (Å²) in [6, 6.07) is 14.9. The number of nitrogens with zero attached hydrogens (tertiary/aromatic N) is 6. The highest BCUT2D eigenvalue weighted by Gasteiger charge is 2.28. The van der Waals surface area contributed by atoms with Gasteiger partial charge in [-0.05, 0) is 92.3 Å². The maximum absolute atomic E-state index is 14.1. The monoisotopic (exact) mass is 719 g/mol. The van der Waals surface area contributed by atoms with Gasteiger partial charge < -0.3 is 20.1 Å². The molecule has 0 saturated carbocycles. The van der Waals surface area contributed by atoms with E-state index in [0.29, 0.717) is 53.2 Å². The van der Waals surface area contributed by atoms with E-state index >= 15 is 0 Å². The molecule has 2 aromatic carbocycles. The van der Waals surface area contributed by atoms with E-state index in [1.165, 1.54) is 9.36 Å². The Bertz CT molecular complexity index is 2270. The van der Waals surface area contributed by atoms with Crippen LogP contribution in [-0.2, 0) is 30.2 Å². The molecule has 1 saturated heterocycles. The molecular formula is C41H49N7O5. The maximum Gasteiger partial charge on any atom is 0.410 e. The molecule has 0 atom stereocenters. The van der Waals surface area contributed by atoms with Crippen molar-refractivity contribution in [1.82, 2.24) is 29.4 Å². The number of aryl methyl sites for hydroxylation is 2. The summed E-state index contributed by atoms with van der Waals surface area (Å²) in [7, 11) is 1.56. The van der Waals surface area contributed by atoms with E-state index in [1.54, 1.807) is 48.6 Å². The Labute approximate surface area is 309 Å². The quantitative estimate of drug-likeness (QED) is 0.187. The van der Waals surface area contributed by atoms with Crippen LogP contribution < -0.4 is 16.4 Å². The minimum atomic E-state index is -0.533. The Hall–Kier alpha value is -5.36. The molecule has 6 rings (SSSR count). The van der Waals surface area contributed by atoms with Crippen molar-refractivity contribution in [3.63, 3.8) is 0 Å². The molecule has 1 aliphatic heterocycles. The predicted molar refractivity (Wildman–Crippen MR) is 207 cm³/mol. The summed E-state index contributed by atoms with van der Waals surface area (Å²) in [5, 5.41) is 24.3. The maximum atomic E-state index is 14.1. The lowest BCUT2D eigenvalue weighted by Gasteiger charge is -2.33. The fraction of sp³-hybridized carbons (Fsp3) is 0.415. The van der Waals surface area contributed by atoms with Crippen LogP contribution in [0.5, 0.6) is 0 Å². The number of piperidine rings is 1. The molecule has 1 amide bonds. The fourth-order valence-electron chi connectivity index (χ4n) is 6.84. The summed E-state index contributed by atoms with van der Waals surface area (Å²) in [5.74, 6) is 0.734. The highest BCUT2D eigenvalue weighted by Crippen LogP contribution is 2.32. The van der Waals surface area contributed by atoms with Gasteiger partial charge in [-0.1, -0.05) is 52.0 Å². The standard InChI is InChI=1S/C41H49N7O5/c1-9-25-19-29(40(2,3)4)20-28-23-43-48(38(51)36(25)28)34-12-10-11-30(31(34)24-49)32-21-33(37(50)46(8)45-32)44-35-14-13-27(22-42-35)26-15-17-47(18-16-26)39(52)53-41(5,6)7/h10-14,19-23,26,49H,9,15-18,24H2,1-8H3,(H,42,44). The first-order valence-corrected chi connectivity index (χ1v) is 18.2. The number of aliphatic hydroxyl groups excluding tert-OH is 1. The lowest BCUT2D eigenvalue weighted by molar-refractivity contribution is 0.0204. The number of ether oxygens (including phenoxy) is 1. The zero-order chi connectivity index (χ0) is 38.2. The van der Waals surface area contributed by atoms with E-state index in [0.717, 1.165) is 34.9 Å². The molecule has 0 bridgehead atoms. The molecule has 3 aromatic heterocycles. The van der Waals surface area contributed by atoms with Gasteiger partial charge in [-0.25, -0.2) is 14.5 Å². The first-order valence-electron chi connectivity index (χ1n) is 18.2. The van der Waals surface area contributed by atoms with Crippen LogP contribution in [0.4, 0.5) is 16.3 Å². The summed E-state index contributed by atoms with van der Waals surface area (Å²) in [6.07, 6.45) is 5.50. The number of carbonyl (C=O) groups is 1. The third kappa shape index (κ3) is 7.87. The van der Waals surface area contributed by atoms with E-state index in [2.05, 4.69) is 47.3 Å². The van der Waals surface area contributed by atoms with Gasteiger partial charge in [0.25, 0.3) is 11.1 Å². The highest BCUT2D eigenvalue weighted by atomic mass is 16.6. The summed E-state index contributed by atoms with van der Waals surface area (Å²) >= 11 is 0. The number of hydrogen-bond donors (Lipinski definition) is 2. The number of aromatic nitrogens is 5. The predicted octanol–water partition coefficient (Wildman–Crippen LogP) is 6.75. The first-order chi connectivity index (χ1) is 25.1. The van der Waals surface area contributed by atoms with Crippen LogP contribution in [0.25, 0.3) is 27.7 Å². The Morgan fingerprint density at radius 3 is 2.34 bits per heavy atom. The number of likely N-dealkylation sites (tertiary alicyclic amines) is 1. The molecule has 0 spiro atoms. The van der Waals surface area contributed by atoms with Crippen molar-refractivity contribution in [3.8, 4) is 16.9 Å². The molecule has 53 heavy (non-hydrogen) atoms. The smallest absolute Gasteiger partial charge is 0.410 e. The van der Waals surface area contributed by atoms with Crippen LogP contribution in [-0.4, -0.2) is 59.3 Å². The van der Waals surface area contributed by atoms with E-state index in [1.807, 2.05) is 45.9 Å². The Morgan fingerprint density at radius 2 is 1.72 bits per heavy atom. The molecule has 12 nitrogen and oxygen atoms in total. The summed E-state index contributed by atoms with van der Waals surface area (Å²) in [6.45, 7) is 14.9. The van der Waals surface area contributed by atoms with E-state index < -0.39 is 12.2 Å². The van der Waals surface area contributed by atoms with Gasteiger partial charge in [-0.2, -0.15) is 14.9 Å². The number of nitrogens with one attached hydrogen (secondary N) is 1. The SMILES string of the molecule is CCc1cc(C(C)(C)C)cc2cnn(-c3cccc(-c4cc(Nc5ccc(C6CCN(C(=O)OC(C)(C)C)CC6)cn5)c(=O)n(C)n4)c3CO)c(=O)c12. The number of amides is 1. The minimum absolute atomic E-state index is 0.0921. The molecular weight excluding hydrogens is 670 g/mol. The van der Waals surface area contributed by atoms with Crippen LogP contribution in [0.3, 0.4) is 0 Å². The van der Waals surface area contributed by atoms with E-state index in [9.17, 15) is 19.5 Å². The zero-order valence-electron chi connectivity index (χ0n) is 31.9. The number of carbonyl (C=O) groups excluding carboxylic acids is 1. The Balaban J connectivity index is 1.27. The van der Waals surface area contributed by atoms with Gasteiger partial charge in [0, 0.05) is 42.8 Å². The molecule has 278 valence electrons. The number of pyridine rings is 1. The summed E-state index contributed by atoms with van der Waals surface area (Å²) in [4.78, 5) is 46.2. The van der Waals surface area contributed by atoms with Crippen LogP contribution in [0, 0.1) is 0 Å². The molecule has 0 unspecified atom stereocenters. The average molecular weight is 720 g/mol. The fourth-order valence-corrected chi connectivity index (χ4v) is 6.84. The molecule has 12 heteroatoms. The number of anilines is 2. The van der Waals surface area contributed by atoms with Crippen molar-refractivity contribution in [3.05, 3.63) is 104 Å². The largest absolute Gasteiger partial charge is 0.444 e. The number of fused-ring (bicyclic) bond motifs is 1. The van der Waals surface area contributed by atoms with Crippen LogP contribution in [0.15, 0.2) is 70.5 Å². The van der Waals surface area contributed by atoms with Crippen molar-refractivity contribution in [2.24, 2.45) is 7.05 Å². The Morgan fingerprint density at radius 1 is 0.981 bits per heavy atom. The molecule has 5 aromatic rings. The second kappa shape index (κ2) is 14.6. The van der Waals surface area contributed by atoms with E-state index in [-0.39, 0.29) is 34.2 Å². The van der Waals surface area contributed by atoms with Gasteiger partial charge in [0.2, 0.25) is 0 Å². The first kappa shape index (κ1) is 37.4. The molecule has 0 aliphatic carbocycles. The van der Waals surface area contributed by atoms with E-state index in [4.69, 9.17) is 4.74 Å². The molecule has 2 N–H and O–H groups in total. The molecule has 1 aliphatic rings. The van der Waals surface area contributed by atoms with Crippen molar-refractivity contribution >= 4 is 28.4 Å². The minimum Gasteiger partial charge on any atom is -0.444 e. The summed E-state index contributed by atoms with van der Waals surface area (Å²) in [5.41, 5.74) is 3.98. The van der Waals surface area contributed by atoms with Gasteiger partial charge in [0.05, 0.1) is 29.6 Å². The highest BCUT2D eigenvalue weighted by molar-refractivity contribution is 5.85. The van der Waals surface area contributed by atoms with Crippen LogP contribution in [0.2, 0.25) is 0 Å². The van der Waals surface area contributed by atoms with Gasteiger partial charge in [-0.15, -0.1) is 0 Å². The van der Waals surface area contributed by atoms with Gasteiger partial charge >= 0.3 is 6.09 Å². The number of rotatable bonds is 7. The van der Waals surface area contributed by atoms with Gasteiger partial charge in [0.1, 0.15) is 17.1 Å². The number of benzene rings is 2. The molecule has 1 fully saturated rings. The second-order valence-electron chi connectivity index (χ2n) is 15.7. The number of hydrogen-bond acceptors (Lipinski definition) is 9. The van der Waals surface area contributed by atoms with Gasteiger partial charge in [-0.3, -0.25) is 9.59 Å². The molecule has 4 heterocycles. The topological polar surface area (TPSA) is 144 Å². The van der Waals surface area contributed by atoms with Crippen molar-refractivity contribution in [1.29, 1.82) is 0 Å². The third-order valence-electron chi connectivity index (χ3n) is 9.76. The van der Waals surface area contributed by atoms with Crippen molar-refractivity contribution < 1.29 is 14.6 Å². The van der Waals surface area contributed by atoms with Crippen molar-refractivity contribution in [2.75, 3.05) is 18.4 Å². The molecule has 0 radical (unpaired) electrons. The Kier molecular flexibility index (Phi) is 10.3. The lowest BCUT2D eigenvalue weighted by Crippen LogP contribution is -2.41. The average Bonchev–Trinajstić information content (AvgIpc) is 3.12. The lowest BCUT2D eigenvalue weighted by atomic mass is 9.84. The van der Waals surface area contributed by atoms with Gasteiger partial charge in [0.15, 0.2) is 0 Å². The normalized spacial score (nSPS) is 14.1. The number of aliphatic hydroxyl groups is 1.